The number of halogens is 1. The van der Waals surface area contributed by atoms with E-state index in [1.165, 1.54) is 31.4 Å². The van der Waals surface area contributed by atoms with Gasteiger partial charge in [-0.05, 0) is 49.2 Å². The van der Waals surface area contributed by atoms with Crippen LogP contribution >= 0.6 is 0 Å². The molecule has 1 aromatic heterocycles. The van der Waals surface area contributed by atoms with Crippen LogP contribution in [0, 0.1) is 5.82 Å². The molecule has 2 aromatic carbocycles. The average Bonchev–Trinajstić information content (AvgIpc) is 3.32. The van der Waals surface area contributed by atoms with Gasteiger partial charge in [-0.2, -0.15) is 4.98 Å². The molecule has 1 fully saturated rings. The van der Waals surface area contributed by atoms with Crippen molar-refractivity contribution < 1.29 is 27.9 Å². The molecule has 0 bridgehead atoms. The molecule has 8 nitrogen and oxygen atoms in total. The van der Waals surface area contributed by atoms with E-state index in [1.807, 2.05) is 0 Å². The molecule has 2 heterocycles. The second kappa shape index (κ2) is 9.67. The maximum absolute atomic E-state index is 13.0. The van der Waals surface area contributed by atoms with Crippen LogP contribution in [-0.2, 0) is 6.61 Å². The van der Waals surface area contributed by atoms with E-state index in [-0.39, 0.29) is 24.2 Å². The predicted octanol–water partition coefficient (Wildman–Crippen LogP) is 3.82. The van der Waals surface area contributed by atoms with Crippen molar-refractivity contribution in [2.24, 2.45) is 0 Å². The van der Waals surface area contributed by atoms with Crippen molar-refractivity contribution >= 4 is 5.91 Å². The molecule has 0 aliphatic carbocycles. The van der Waals surface area contributed by atoms with Gasteiger partial charge in [0.15, 0.2) is 12.4 Å². The number of rotatable bonds is 7. The fourth-order valence-electron chi connectivity index (χ4n) is 3.65. The van der Waals surface area contributed by atoms with Crippen molar-refractivity contribution in [3.8, 4) is 17.2 Å². The summed E-state index contributed by atoms with van der Waals surface area (Å²) in [6.45, 7) is 1.26. The first kappa shape index (κ1) is 21.6. The summed E-state index contributed by atoms with van der Waals surface area (Å²) in [6.07, 6.45) is 1.45. The van der Waals surface area contributed by atoms with Crippen molar-refractivity contribution in [2.45, 2.75) is 25.4 Å². The summed E-state index contributed by atoms with van der Waals surface area (Å²) in [5, 5.41) is 4.08. The second-order valence-electron chi connectivity index (χ2n) is 7.42. The third kappa shape index (κ3) is 4.82. The first-order chi connectivity index (χ1) is 15.6. The topological polar surface area (TPSA) is 86.9 Å². The van der Waals surface area contributed by atoms with Crippen molar-refractivity contribution in [2.75, 3.05) is 27.3 Å². The van der Waals surface area contributed by atoms with E-state index in [0.29, 0.717) is 47.6 Å². The van der Waals surface area contributed by atoms with E-state index in [4.69, 9.17) is 18.7 Å². The molecule has 0 atom stereocenters. The van der Waals surface area contributed by atoms with E-state index in [9.17, 15) is 9.18 Å². The number of methoxy groups -OCH3 is 2. The lowest BCUT2D eigenvalue weighted by molar-refractivity contribution is 0.0707. The molecule has 0 saturated carbocycles. The van der Waals surface area contributed by atoms with Crippen LogP contribution in [0.1, 0.15) is 40.8 Å². The van der Waals surface area contributed by atoms with Crippen molar-refractivity contribution in [1.82, 2.24) is 15.0 Å². The van der Waals surface area contributed by atoms with Gasteiger partial charge in [0.1, 0.15) is 23.1 Å². The molecule has 4 rings (SSSR count). The SMILES string of the molecule is COc1ccc(C(=O)N2CCC(c3noc(COc4ccc(F)cc4)n3)CC2)c(OC)c1. The number of carbonyl (C=O) groups excluding carboxylic acids is 1. The molecular weight excluding hydrogens is 417 g/mol. The highest BCUT2D eigenvalue weighted by atomic mass is 19.1. The minimum Gasteiger partial charge on any atom is -0.497 e. The predicted molar refractivity (Wildman–Crippen MR) is 112 cm³/mol. The van der Waals surface area contributed by atoms with Gasteiger partial charge in [-0.1, -0.05) is 5.16 Å². The third-order valence-electron chi connectivity index (χ3n) is 5.45. The Kier molecular flexibility index (Phi) is 6.53. The number of piperidine rings is 1. The van der Waals surface area contributed by atoms with Crippen LogP contribution in [0.3, 0.4) is 0 Å². The number of ether oxygens (including phenoxy) is 3. The minimum atomic E-state index is -0.326. The molecule has 9 heteroatoms. The molecule has 1 saturated heterocycles. The molecule has 168 valence electrons. The Labute approximate surface area is 184 Å². The Balaban J connectivity index is 1.33. The summed E-state index contributed by atoms with van der Waals surface area (Å²) >= 11 is 0. The van der Waals surface area contributed by atoms with Crippen molar-refractivity contribution in [3.05, 3.63) is 65.6 Å². The van der Waals surface area contributed by atoms with Crippen LogP contribution in [0.4, 0.5) is 4.39 Å². The Bertz CT molecular complexity index is 1060. The summed E-state index contributed by atoms with van der Waals surface area (Å²) in [6, 6.07) is 10.9. The van der Waals surface area contributed by atoms with Gasteiger partial charge in [0, 0.05) is 25.1 Å². The van der Waals surface area contributed by atoms with E-state index >= 15 is 0 Å². The number of benzene rings is 2. The van der Waals surface area contributed by atoms with E-state index in [1.54, 1.807) is 30.2 Å². The average molecular weight is 441 g/mol. The zero-order chi connectivity index (χ0) is 22.5. The Hall–Kier alpha value is -3.62. The largest absolute Gasteiger partial charge is 0.497 e. The van der Waals surface area contributed by atoms with Crippen LogP contribution < -0.4 is 14.2 Å². The smallest absolute Gasteiger partial charge is 0.264 e. The molecule has 1 aliphatic rings. The lowest BCUT2D eigenvalue weighted by Gasteiger charge is -2.31. The van der Waals surface area contributed by atoms with Crippen molar-refractivity contribution in [3.63, 3.8) is 0 Å². The standard InChI is InChI=1S/C23H24FN3O5/c1-29-18-7-8-19(20(13-18)30-2)23(28)27-11-9-15(10-12-27)22-25-21(32-26-22)14-31-17-5-3-16(24)4-6-17/h3-8,13,15H,9-12,14H2,1-2H3. The first-order valence-corrected chi connectivity index (χ1v) is 10.3. The summed E-state index contributed by atoms with van der Waals surface area (Å²) in [5.74, 6) is 2.29. The maximum atomic E-state index is 13.0. The number of nitrogens with zero attached hydrogens (tertiary/aromatic N) is 3. The Morgan fingerprint density at radius 1 is 1.09 bits per heavy atom. The summed E-state index contributed by atoms with van der Waals surface area (Å²) in [7, 11) is 3.10. The molecule has 32 heavy (non-hydrogen) atoms. The third-order valence-corrected chi connectivity index (χ3v) is 5.45. The summed E-state index contributed by atoms with van der Waals surface area (Å²) in [4.78, 5) is 19.2. The van der Waals surface area contributed by atoms with Gasteiger partial charge in [0.2, 0.25) is 0 Å². The van der Waals surface area contributed by atoms with E-state index < -0.39 is 0 Å². The van der Waals surface area contributed by atoms with E-state index in [2.05, 4.69) is 10.1 Å². The fourth-order valence-corrected chi connectivity index (χ4v) is 3.65. The Morgan fingerprint density at radius 3 is 2.50 bits per heavy atom. The zero-order valence-corrected chi connectivity index (χ0v) is 17.9. The number of hydrogen-bond acceptors (Lipinski definition) is 7. The molecule has 0 spiro atoms. The lowest BCUT2D eigenvalue weighted by atomic mass is 9.95. The highest BCUT2D eigenvalue weighted by Gasteiger charge is 2.29. The number of likely N-dealkylation sites (tertiary alicyclic amines) is 1. The number of carbonyl (C=O) groups is 1. The number of amides is 1. The van der Waals surface area contributed by atoms with Gasteiger partial charge in [-0.15, -0.1) is 0 Å². The molecule has 0 N–H and O–H groups in total. The molecule has 3 aromatic rings. The van der Waals surface area contributed by atoms with Gasteiger partial charge in [-0.25, -0.2) is 4.39 Å². The molecule has 0 radical (unpaired) electrons. The molecule has 1 aliphatic heterocycles. The van der Waals surface area contributed by atoms with Crippen LogP contribution in [0.25, 0.3) is 0 Å². The minimum absolute atomic E-state index is 0.0792. The fraction of sp³-hybridized carbons (Fsp3) is 0.348. The van der Waals surface area contributed by atoms with Crippen molar-refractivity contribution in [1.29, 1.82) is 0 Å². The quantitative estimate of drug-likeness (QED) is 0.551. The van der Waals surface area contributed by atoms with Crippen LogP contribution in [0.15, 0.2) is 47.0 Å². The first-order valence-electron chi connectivity index (χ1n) is 10.3. The van der Waals surface area contributed by atoms with Crippen LogP contribution in [0.5, 0.6) is 17.2 Å². The van der Waals surface area contributed by atoms with Gasteiger partial charge < -0.3 is 23.6 Å². The molecule has 1 amide bonds. The van der Waals surface area contributed by atoms with Gasteiger partial charge in [-0.3, -0.25) is 4.79 Å². The number of aromatic nitrogens is 2. The van der Waals surface area contributed by atoms with Crippen LogP contribution in [-0.4, -0.2) is 48.3 Å². The maximum Gasteiger partial charge on any atom is 0.264 e. The highest BCUT2D eigenvalue weighted by Crippen LogP contribution is 2.30. The molecule has 0 unspecified atom stereocenters. The second-order valence-corrected chi connectivity index (χ2v) is 7.42. The monoisotopic (exact) mass is 441 g/mol. The van der Waals surface area contributed by atoms with E-state index in [0.717, 1.165) is 12.8 Å². The van der Waals surface area contributed by atoms with Gasteiger partial charge in [0.25, 0.3) is 11.8 Å². The summed E-state index contributed by atoms with van der Waals surface area (Å²) in [5.41, 5.74) is 0.506. The zero-order valence-electron chi connectivity index (χ0n) is 17.9. The normalized spacial score (nSPS) is 14.3. The van der Waals surface area contributed by atoms with Gasteiger partial charge >= 0.3 is 0 Å². The lowest BCUT2D eigenvalue weighted by Crippen LogP contribution is -2.38. The summed E-state index contributed by atoms with van der Waals surface area (Å²) < 4.78 is 34.4. The molecular formula is C23H24FN3O5. The Morgan fingerprint density at radius 2 is 1.81 bits per heavy atom. The van der Waals surface area contributed by atoms with Crippen LogP contribution in [0.2, 0.25) is 0 Å². The highest BCUT2D eigenvalue weighted by molar-refractivity contribution is 5.97. The number of hydrogen-bond donors (Lipinski definition) is 0. The van der Waals surface area contributed by atoms with Gasteiger partial charge in [0.05, 0.1) is 19.8 Å².